The van der Waals surface area contributed by atoms with Crippen LogP contribution in [-0.2, 0) is 21.2 Å². The summed E-state index contributed by atoms with van der Waals surface area (Å²) in [7, 11) is -1.78. The van der Waals surface area contributed by atoms with Gasteiger partial charge in [0.15, 0.2) is 0 Å². The van der Waals surface area contributed by atoms with Crippen molar-refractivity contribution in [3.05, 3.63) is 17.0 Å². The number of carbonyl (C=O) groups excluding carboxylic acids is 1. The molecule has 0 spiro atoms. The fourth-order valence-corrected chi connectivity index (χ4v) is 5.47. The fourth-order valence-electron chi connectivity index (χ4n) is 2.45. The van der Waals surface area contributed by atoms with Crippen molar-refractivity contribution in [3.63, 3.8) is 0 Å². The van der Waals surface area contributed by atoms with Crippen molar-refractivity contribution in [3.8, 4) is 6.07 Å². The normalized spacial score (nSPS) is 16.0. The van der Waals surface area contributed by atoms with Gasteiger partial charge in [0.2, 0.25) is 5.91 Å². The van der Waals surface area contributed by atoms with E-state index in [-0.39, 0.29) is 12.3 Å². The number of nitrogens with zero attached hydrogens (tertiary/aromatic N) is 3. The molecular formula is C15H21N3O3S2. The largest absolute Gasteiger partial charge is 0.344 e. The molecule has 0 aromatic carbocycles. The summed E-state index contributed by atoms with van der Waals surface area (Å²) < 4.78 is 27.0. The van der Waals surface area contributed by atoms with Crippen molar-refractivity contribution in [1.29, 1.82) is 5.26 Å². The molecule has 1 aromatic rings. The first-order valence-corrected chi connectivity index (χ1v) is 9.90. The van der Waals surface area contributed by atoms with Gasteiger partial charge in [-0.3, -0.25) is 4.79 Å². The van der Waals surface area contributed by atoms with Gasteiger partial charge in [-0.25, -0.2) is 8.42 Å². The van der Waals surface area contributed by atoms with Gasteiger partial charge in [0.05, 0.1) is 18.9 Å². The molecule has 0 atom stereocenters. The van der Waals surface area contributed by atoms with Gasteiger partial charge < -0.3 is 4.90 Å². The molecule has 1 fully saturated rings. The first-order valence-electron chi connectivity index (χ1n) is 7.65. The summed E-state index contributed by atoms with van der Waals surface area (Å²) in [4.78, 5) is 14.3. The quantitative estimate of drug-likeness (QED) is 0.780. The lowest BCUT2D eigenvalue weighted by atomic mass is 10.2. The van der Waals surface area contributed by atoms with Gasteiger partial charge in [-0.05, 0) is 25.0 Å². The molecule has 2 heterocycles. The third-order valence-corrected chi connectivity index (χ3v) is 7.31. The number of likely N-dealkylation sites (N-methyl/N-ethyl adjacent to an activating group) is 1. The van der Waals surface area contributed by atoms with Crippen molar-refractivity contribution < 1.29 is 13.2 Å². The van der Waals surface area contributed by atoms with Gasteiger partial charge in [0, 0.05) is 31.6 Å². The number of rotatable bonds is 6. The van der Waals surface area contributed by atoms with Crippen LogP contribution < -0.4 is 0 Å². The molecule has 0 saturated carbocycles. The highest BCUT2D eigenvalue weighted by Crippen LogP contribution is 2.27. The van der Waals surface area contributed by atoms with Crippen molar-refractivity contribution in [2.75, 3.05) is 26.7 Å². The summed E-state index contributed by atoms with van der Waals surface area (Å²) in [6.07, 6.45) is 3.34. The van der Waals surface area contributed by atoms with Crippen molar-refractivity contribution in [2.45, 2.75) is 36.3 Å². The van der Waals surface area contributed by atoms with E-state index < -0.39 is 10.0 Å². The Bertz CT molecular complexity index is 685. The average molecular weight is 355 g/mol. The Balaban J connectivity index is 2.02. The Morgan fingerprint density at radius 3 is 2.70 bits per heavy atom. The fraction of sp³-hybridized carbons (Fsp3) is 0.600. The SMILES string of the molecule is CN(CCC#N)C(=O)Cc1ccc(S(=O)(=O)N2CCCCC2)s1. The van der Waals surface area contributed by atoms with E-state index in [1.807, 2.05) is 6.07 Å². The molecule has 1 aliphatic rings. The van der Waals surface area contributed by atoms with Gasteiger partial charge in [0.1, 0.15) is 4.21 Å². The van der Waals surface area contributed by atoms with Crippen LogP contribution in [0.4, 0.5) is 0 Å². The molecular weight excluding hydrogens is 334 g/mol. The second-order valence-electron chi connectivity index (χ2n) is 5.59. The topological polar surface area (TPSA) is 81.5 Å². The lowest BCUT2D eigenvalue weighted by Gasteiger charge is -2.25. The number of sulfonamides is 1. The number of carbonyl (C=O) groups is 1. The van der Waals surface area contributed by atoms with E-state index in [0.29, 0.717) is 30.3 Å². The second-order valence-corrected chi connectivity index (χ2v) is 8.92. The van der Waals surface area contributed by atoms with Crippen LogP contribution in [0.25, 0.3) is 0 Å². The van der Waals surface area contributed by atoms with Gasteiger partial charge in [-0.1, -0.05) is 6.42 Å². The molecule has 0 aliphatic carbocycles. The van der Waals surface area contributed by atoms with E-state index in [1.54, 1.807) is 19.2 Å². The number of thiophene rings is 1. The molecule has 1 amide bonds. The number of amides is 1. The smallest absolute Gasteiger partial charge is 0.252 e. The highest BCUT2D eigenvalue weighted by molar-refractivity contribution is 7.91. The maximum absolute atomic E-state index is 12.6. The van der Waals surface area contributed by atoms with E-state index in [4.69, 9.17) is 5.26 Å². The minimum atomic E-state index is -3.43. The van der Waals surface area contributed by atoms with Crippen molar-refractivity contribution >= 4 is 27.3 Å². The molecule has 0 unspecified atom stereocenters. The Morgan fingerprint density at radius 2 is 2.04 bits per heavy atom. The number of nitriles is 1. The summed E-state index contributed by atoms with van der Waals surface area (Å²) in [6.45, 7) is 1.54. The Labute approximate surface area is 141 Å². The predicted octanol–water partition coefficient (Wildman–Crippen LogP) is 1.84. The van der Waals surface area contributed by atoms with E-state index in [9.17, 15) is 13.2 Å². The van der Waals surface area contributed by atoms with Gasteiger partial charge in [-0.15, -0.1) is 11.3 Å². The Hall–Kier alpha value is -1.43. The second kappa shape index (κ2) is 7.90. The first kappa shape index (κ1) is 17.9. The van der Waals surface area contributed by atoms with Crippen LogP contribution in [0.15, 0.2) is 16.3 Å². The molecule has 0 bridgehead atoms. The van der Waals surface area contributed by atoms with Crippen LogP contribution >= 0.6 is 11.3 Å². The third kappa shape index (κ3) is 4.53. The summed E-state index contributed by atoms with van der Waals surface area (Å²) in [6, 6.07) is 5.30. The molecule has 1 aliphatic heterocycles. The van der Waals surface area contributed by atoms with Gasteiger partial charge in [0.25, 0.3) is 10.0 Å². The average Bonchev–Trinajstić information content (AvgIpc) is 3.02. The zero-order valence-electron chi connectivity index (χ0n) is 13.2. The number of hydrogen-bond acceptors (Lipinski definition) is 5. The van der Waals surface area contributed by atoms with Crippen LogP contribution in [0, 0.1) is 11.3 Å². The Kier molecular flexibility index (Phi) is 6.16. The van der Waals surface area contributed by atoms with Crippen molar-refractivity contribution in [2.24, 2.45) is 0 Å². The van der Waals surface area contributed by atoms with E-state index in [1.165, 1.54) is 9.21 Å². The minimum Gasteiger partial charge on any atom is -0.344 e. The summed E-state index contributed by atoms with van der Waals surface area (Å²) in [5, 5.41) is 8.55. The summed E-state index contributed by atoms with van der Waals surface area (Å²) in [5.41, 5.74) is 0. The van der Waals surface area contributed by atoms with Crippen LogP contribution in [0.3, 0.4) is 0 Å². The molecule has 23 heavy (non-hydrogen) atoms. The van der Waals surface area contributed by atoms with Crippen molar-refractivity contribution in [1.82, 2.24) is 9.21 Å². The van der Waals surface area contributed by atoms with E-state index >= 15 is 0 Å². The summed E-state index contributed by atoms with van der Waals surface area (Å²) in [5.74, 6) is -0.107. The molecule has 0 N–H and O–H groups in total. The molecule has 126 valence electrons. The third-order valence-electron chi connectivity index (χ3n) is 3.86. The van der Waals surface area contributed by atoms with Crippen LogP contribution in [0.5, 0.6) is 0 Å². The van der Waals surface area contributed by atoms with E-state index in [2.05, 4.69) is 0 Å². The zero-order valence-corrected chi connectivity index (χ0v) is 14.8. The molecule has 1 aromatic heterocycles. The first-order chi connectivity index (χ1) is 10.9. The van der Waals surface area contributed by atoms with Crippen LogP contribution in [0.2, 0.25) is 0 Å². The standard InChI is InChI=1S/C15H21N3O3S2/c1-17(9-5-8-16)14(19)12-13-6-7-15(22-13)23(20,21)18-10-3-2-4-11-18/h6-7H,2-5,9-12H2,1H3. The molecule has 0 radical (unpaired) electrons. The zero-order chi connectivity index (χ0) is 16.9. The molecule has 2 rings (SSSR count). The molecule has 1 saturated heterocycles. The number of hydrogen-bond donors (Lipinski definition) is 0. The Morgan fingerprint density at radius 1 is 1.35 bits per heavy atom. The highest BCUT2D eigenvalue weighted by Gasteiger charge is 2.27. The summed E-state index contributed by atoms with van der Waals surface area (Å²) >= 11 is 1.16. The minimum absolute atomic E-state index is 0.107. The van der Waals surface area contributed by atoms with Crippen LogP contribution in [0.1, 0.15) is 30.6 Å². The predicted molar refractivity (Wildman–Crippen MR) is 88.5 cm³/mol. The molecule has 6 nitrogen and oxygen atoms in total. The van der Waals surface area contributed by atoms with Crippen LogP contribution in [-0.4, -0.2) is 50.2 Å². The lowest BCUT2D eigenvalue weighted by Crippen LogP contribution is -2.35. The monoisotopic (exact) mass is 355 g/mol. The van der Waals surface area contributed by atoms with Gasteiger partial charge in [-0.2, -0.15) is 9.57 Å². The lowest BCUT2D eigenvalue weighted by molar-refractivity contribution is -0.129. The highest BCUT2D eigenvalue weighted by atomic mass is 32.2. The van der Waals surface area contributed by atoms with E-state index in [0.717, 1.165) is 35.5 Å². The van der Waals surface area contributed by atoms with Gasteiger partial charge >= 0.3 is 0 Å². The number of piperidine rings is 1. The maximum Gasteiger partial charge on any atom is 0.252 e. The molecule has 8 heteroatoms. The maximum atomic E-state index is 12.6.